The van der Waals surface area contributed by atoms with Crippen LogP contribution in [0.5, 0.6) is 0 Å². The van der Waals surface area contributed by atoms with Crippen LogP contribution in [0.15, 0.2) is 22.8 Å². The molecule has 100 valence electrons. The van der Waals surface area contributed by atoms with Crippen LogP contribution >= 0.6 is 11.3 Å². The number of furan rings is 1. The molecule has 2 aromatic heterocycles. The maximum atomic E-state index is 11.8. The van der Waals surface area contributed by atoms with Crippen molar-refractivity contribution in [3.8, 4) is 0 Å². The van der Waals surface area contributed by atoms with E-state index in [1.807, 2.05) is 0 Å². The second-order valence-corrected chi connectivity index (χ2v) is 5.85. The maximum absolute atomic E-state index is 11.8. The lowest BCUT2D eigenvalue weighted by molar-refractivity contribution is 0.0996. The highest BCUT2D eigenvalue weighted by Crippen LogP contribution is 2.29. The number of rotatable bonds is 4. The van der Waals surface area contributed by atoms with Crippen LogP contribution in [0.2, 0.25) is 0 Å². The van der Waals surface area contributed by atoms with Crippen LogP contribution in [0.3, 0.4) is 0 Å². The first kappa shape index (κ1) is 12.3. The van der Waals surface area contributed by atoms with Gasteiger partial charge in [-0.15, -0.1) is 10.2 Å². The number of amides is 1. The Hall–Kier alpha value is -1.69. The molecular formula is C13H15N3O2S. The number of carbonyl (C=O) groups is 1. The Balaban J connectivity index is 1.60. The average Bonchev–Trinajstić information content (AvgIpc) is 3.10. The summed E-state index contributed by atoms with van der Waals surface area (Å²) >= 11 is 1.45. The van der Waals surface area contributed by atoms with Gasteiger partial charge in [-0.2, -0.15) is 0 Å². The minimum Gasteiger partial charge on any atom is -0.459 e. The second-order valence-electron chi connectivity index (χ2n) is 4.79. The molecule has 6 heteroatoms. The van der Waals surface area contributed by atoms with Crippen LogP contribution in [0.1, 0.15) is 41.2 Å². The van der Waals surface area contributed by atoms with Gasteiger partial charge in [0.1, 0.15) is 5.01 Å². The summed E-state index contributed by atoms with van der Waals surface area (Å²) in [7, 11) is 0. The molecular weight excluding hydrogens is 262 g/mol. The van der Waals surface area contributed by atoms with E-state index >= 15 is 0 Å². The Morgan fingerprint density at radius 1 is 1.42 bits per heavy atom. The number of nitrogens with one attached hydrogen (secondary N) is 1. The van der Waals surface area contributed by atoms with E-state index in [1.54, 1.807) is 12.1 Å². The summed E-state index contributed by atoms with van der Waals surface area (Å²) < 4.78 is 5.03. The largest absolute Gasteiger partial charge is 0.459 e. The fraction of sp³-hybridized carbons (Fsp3) is 0.462. The van der Waals surface area contributed by atoms with E-state index in [4.69, 9.17) is 4.42 Å². The topological polar surface area (TPSA) is 68.0 Å². The van der Waals surface area contributed by atoms with Gasteiger partial charge >= 0.3 is 0 Å². The van der Waals surface area contributed by atoms with Crippen molar-refractivity contribution in [1.82, 2.24) is 10.2 Å². The number of carbonyl (C=O) groups excluding carboxylic acids is 1. The Labute approximate surface area is 115 Å². The zero-order valence-electron chi connectivity index (χ0n) is 10.5. The average molecular weight is 277 g/mol. The first-order valence-electron chi connectivity index (χ1n) is 6.48. The molecule has 0 atom stereocenters. The molecule has 5 nitrogen and oxygen atoms in total. The van der Waals surface area contributed by atoms with Crippen molar-refractivity contribution in [2.75, 3.05) is 5.32 Å². The fourth-order valence-electron chi connectivity index (χ4n) is 2.41. The summed E-state index contributed by atoms with van der Waals surface area (Å²) in [6.45, 7) is 0. The molecule has 0 aromatic carbocycles. The molecule has 1 aliphatic rings. The lowest BCUT2D eigenvalue weighted by atomic mass is 10.1. The monoisotopic (exact) mass is 277 g/mol. The van der Waals surface area contributed by atoms with Crippen molar-refractivity contribution >= 4 is 22.4 Å². The third-order valence-electron chi connectivity index (χ3n) is 3.37. The van der Waals surface area contributed by atoms with Crippen molar-refractivity contribution in [2.45, 2.75) is 32.1 Å². The van der Waals surface area contributed by atoms with E-state index < -0.39 is 0 Å². The summed E-state index contributed by atoms with van der Waals surface area (Å²) in [6.07, 6.45) is 7.67. The minimum absolute atomic E-state index is 0.284. The fourth-order valence-corrected chi connectivity index (χ4v) is 3.26. The molecule has 0 spiro atoms. The zero-order valence-corrected chi connectivity index (χ0v) is 11.3. The highest BCUT2D eigenvalue weighted by molar-refractivity contribution is 7.15. The van der Waals surface area contributed by atoms with Gasteiger partial charge in [0.25, 0.3) is 5.91 Å². The van der Waals surface area contributed by atoms with Crippen LogP contribution < -0.4 is 5.32 Å². The third kappa shape index (κ3) is 3.01. The van der Waals surface area contributed by atoms with Gasteiger partial charge in [-0.3, -0.25) is 10.1 Å². The van der Waals surface area contributed by atoms with Crippen LogP contribution in [-0.2, 0) is 6.42 Å². The molecule has 2 aromatic rings. The number of aromatic nitrogens is 2. The Kier molecular flexibility index (Phi) is 3.59. The predicted molar refractivity (Wildman–Crippen MR) is 72.2 cm³/mol. The van der Waals surface area contributed by atoms with E-state index in [9.17, 15) is 4.79 Å². The molecule has 0 bridgehead atoms. The summed E-state index contributed by atoms with van der Waals surface area (Å²) in [6, 6.07) is 3.30. The van der Waals surface area contributed by atoms with Crippen molar-refractivity contribution in [3.05, 3.63) is 29.2 Å². The van der Waals surface area contributed by atoms with Gasteiger partial charge in [-0.1, -0.05) is 37.0 Å². The molecule has 0 unspecified atom stereocenters. The van der Waals surface area contributed by atoms with E-state index in [-0.39, 0.29) is 11.7 Å². The summed E-state index contributed by atoms with van der Waals surface area (Å²) in [5.41, 5.74) is 0. The van der Waals surface area contributed by atoms with Gasteiger partial charge < -0.3 is 4.42 Å². The number of anilines is 1. The van der Waals surface area contributed by atoms with Crippen LogP contribution in [-0.4, -0.2) is 16.1 Å². The normalized spacial score (nSPS) is 15.8. The molecule has 1 amide bonds. The molecule has 19 heavy (non-hydrogen) atoms. The van der Waals surface area contributed by atoms with E-state index in [0.717, 1.165) is 17.3 Å². The van der Waals surface area contributed by atoms with E-state index in [1.165, 1.54) is 43.3 Å². The standard InChI is InChI=1S/C13H15N3O2S/c17-12(10-6-3-7-18-10)14-13-16-15-11(19-13)8-9-4-1-2-5-9/h3,6-7,9H,1-2,4-5,8H2,(H,14,16,17). The molecule has 0 saturated heterocycles. The summed E-state index contributed by atoms with van der Waals surface area (Å²) in [4.78, 5) is 11.8. The quantitative estimate of drug-likeness (QED) is 0.932. The van der Waals surface area contributed by atoms with Gasteiger partial charge in [0.15, 0.2) is 5.76 Å². The molecule has 1 fully saturated rings. The first-order valence-corrected chi connectivity index (χ1v) is 7.30. The van der Waals surface area contributed by atoms with Crippen molar-refractivity contribution in [2.24, 2.45) is 5.92 Å². The van der Waals surface area contributed by atoms with Crippen LogP contribution in [0.4, 0.5) is 5.13 Å². The Morgan fingerprint density at radius 2 is 2.26 bits per heavy atom. The van der Waals surface area contributed by atoms with E-state index in [0.29, 0.717) is 5.13 Å². The van der Waals surface area contributed by atoms with Crippen molar-refractivity contribution < 1.29 is 9.21 Å². The van der Waals surface area contributed by atoms with Crippen molar-refractivity contribution in [1.29, 1.82) is 0 Å². The highest BCUT2D eigenvalue weighted by Gasteiger charge is 2.18. The smallest absolute Gasteiger partial charge is 0.293 e. The number of hydrogen-bond acceptors (Lipinski definition) is 5. The highest BCUT2D eigenvalue weighted by atomic mass is 32.1. The minimum atomic E-state index is -0.284. The molecule has 1 saturated carbocycles. The van der Waals surface area contributed by atoms with E-state index in [2.05, 4.69) is 15.5 Å². The van der Waals surface area contributed by atoms with Gasteiger partial charge in [0.05, 0.1) is 6.26 Å². The number of nitrogens with zero attached hydrogens (tertiary/aromatic N) is 2. The lowest BCUT2D eigenvalue weighted by Gasteiger charge is -2.03. The number of hydrogen-bond donors (Lipinski definition) is 1. The van der Waals surface area contributed by atoms with Crippen molar-refractivity contribution in [3.63, 3.8) is 0 Å². The van der Waals surface area contributed by atoms with Gasteiger partial charge in [-0.05, 0) is 18.1 Å². The first-order chi connectivity index (χ1) is 9.31. The predicted octanol–water partition coefficient (Wildman–Crippen LogP) is 3.12. The van der Waals surface area contributed by atoms with Crippen LogP contribution in [0.25, 0.3) is 0 Å². The van der Waals surface area contributed by atoms with Gasteiger partial charge in [0, 0.05) is 6.42 Å². The van der Waals surface area contributed by atoms with Crippen LogP contribution in [0, 0.1) is 5.92 Å². The Morgan fingerprint density at radius 3 is 3.00 bits per heavy atom. The molecule has 1 aliphatic carbocycles. The summed E-state index contributed by atoms with van der Waals surface area (Å²) in [5, 5.41) is 12.4. The summed E-state index contributed by atoms with van der Waals surface area (Å²) in [5.74, 6) is 0.739. The molecule has 0 radical (unpaired) electrons. The second kappa shape index (κ2) is 5.52. The van der Waals surface area contributed by atoms with Gasteiger partial charge in [-0.25, -0.2) is 0 Å². The lowest BCUT2D eigenvalue weighted by Crippen LogP contribution is -2.10. The third-order valence-corrected chi connectivity index (χ3v) is 4.23. The zero-order chi connectivity index (χ0) is 13.1. The van der Waals surface area contributed by atoms with Gasteiger partial charge in [0.2, 0.25) is 5.13 Å². The molecule has 0 aliphatic heterocycles. The molecule has 1 N–H and O–H groups in total. The molecule has 2 heterocycles. The Bertz CT molecular complexity index is 544. The maximum Gasteiger partial charge on any atom is 0.293 e. The molecule has 3 rings (SSSR count). The SMILES string of the molecule is O=C(Nc1nnc(CC2CCCC2)s1)c1ccco1.